The third-order valence-corrected chi connectivity index (χ3v) is 5.37. The number of carbonyl (C=O) groups excluding carboxylic acids is 2. The lowest BCUT2D eigenvalue weighted by molar-refractivity contribution is -0.140. The molecule has 0 aromatic heterocycles. The zero-order chi connectivity index (χ0) is 24.8. The summed E-state index contributed by atoms with van der Waals surface area (Å²) in [4.78, 5) is 27.5. The minimum absolute atomic E-state index is 0.00525. The quantitative estimate of drug-likeness (QED) is 0.320. The van der Waals surface area contributed by atoms with Crippen molar-refractivity contribution in [2.75, 3.05) is 34.0 Å². The maximum Gasteiger partial charge on any atom is 0.295 e. The van der Waals surface area contributed by atoms with Crippen molar-refractivity contribution in [2.45, 2.75) is 32.9 Å². The van der Waals surface area contributed by atoms with Crippen LogP contribution in [0.4, 0.5) is 0 Å². The standard InChI is InChI=1S/C26H31NO7/c1-6-33-21-15-17(10-11-20(21)34-16(2)3)23-22(25(29)26(30)27(23)12-13-31-4)24(28)18-8-7-9-19(14-18)32-5/h7-11,14-16,23,28H,6,12-13H2,1-5H3/b24-22-. The molecule has 34 heavy (non-hydrogen) atoms. The van der Waals surface area contributed by atoms with Crippen LogP contribution in [0.3, 0.4) is 0 Å². The molecule has 1 atom stereocenters. The molecule has 8 heteroatoms. The fraction of sp³-hybridized carbons (Fsp3) is 0.385. The van der Waals surface area contributed by atoms with E-state index >= 15 is 0 Å². The first kappa shape index (κ1) is 25.1. The van der Waals surface area contributed by atoms with E-state index in [0.717, 1.165) is 0 Å². The summed E-state index contributed by atoms with van der Waals surface area (Å²) < 4.78 is 22.0. The molecule has 1 fully saturated rings. The number of hydrogen-bond donors (Lipinski definition) is 1. The van der Waals surface area contributed by atoms with Crippen LogP contribution in [-0.4, -0.2) is 61.8 Å². The molecule has 2 aromatic rings. The Balaban J connectivity index is 2.18. The summed E-state index contributed by atoms with van der Waals surface area (Å²) in [5, 5.41) is 11.2. The van der Waals surface area contributed by atoms with Crippen molar-refractivity contribution in [1.82, 2.24) is 4.90 Å². The van der Waals surface area contributed by atoms with Gasteiger partial charge in [0.1, 0.15) is 11.5 Å². The van der Waals surface area contributed by atoms with E-state index < -0.39 is 17.7 Å². The molecule has 1 saturated heterocycles. The van der Waals surface area contributed by atoms with Crippen molar-refractivity contribution in [1.29, 1.82) is 0 Å². The monoisotopic (exact) mass is 469 g/mol. The van der Waals surface area contributed by atoms with Crippen LogP contribution in [0.2, 0.25) is 0 Å². The van der Waals surface area contributed by atoms with Gasteiger partial charge in [-0.3, -0.25) is 9.59 Å². The molecule has 1 heterocycles. The van der Waals surface area contributed by atoms with Gasteiger partial charge in [-0.2, -0.15) is 0 Å². The first-order chi connectivity index (χ1) is 16.3. The van der Waals surface area contributed by atoms with E-state index in [1.807, 2.05) is 20.8 Å². The number of nitrogens with zero attached hydrogens (tertiary/aromatic N) is 1. The summed E-state index contributed by atoms with van der Waals surface area (Å²) in [6.07, 6.45) is -0.0644. The van der Waals surface area contributed by atoms with Crippen LogP contribution in [0.1, 0.15) is 37.9 Å². The second-order valence-corrected chi connectivity index (χ2v) is 8.02. The van der Waals surface area contributed by atoms with Gasteiger partial charge in [-0.05, 0) is 50.6 Å². The van der Waals surface area contributed by atoms with Crippen LogP contribution in [0.25, 0.3) is 5.76 Å². The molecule has 1 aliphatic heterocycles. The van der Waals surface area contributed by atoms with Gasteiger partial charge in [0.05, 0.1) is 38.0 Å². The molecule has 1 amide bonds. The Hall–Kier alpha value is -3.52. The second-order valence-electron chi connectivity index (χ2n) is 8.02. The summed E-state index contributed by atoms with van der Waals surface area (Å²) in [6.45, 7) is 6.50. The highest BCUT2D eigenvalue weighted by molar-refractivity contribution is 6.46. The number of aliphatic hydroxyl groups is 1. The van der Waals surface area contributed by atoms with Gasteiger partial charge in [0.15, 0.2) is 11.5 Å². The van der Waals surface area contributed by atoms with Crippen molar-refractivity contribution >= 4 is 17.4 Å². The highest BCUT2D eigenvalue weighted by atomic mass is 16.5. The molecule has 1 unspecified atom stereocenters. The molecule has 0 radical (unpaired) electrons. The first-order valence-corrected chi connectivity index (χ1v) is 11.2. The topological polar surface area (TPSA) is 94.5 Å². The third-order valence-electron chi connectivity index (χ3n) is 5.37. The number of ketones is 1. The van der Waals surface area contributed by atoms with Gasteiger partial charge in [0.25, 0.3) is 11.7 Å². The Morgan fingerprint density at radius 1 is 1.09 bits per heavy atom. The van der Waals surface area contributed by atoms with Gasteiger partial charge < -0.3 is 29.0 Å². The fourth-order valence-electron chi connectivity index (χ4n) is 3.89. The van der Waals surface area contributed by atoms with Crippen molar-refractivity contribution in [3.05, 3.63) is 59.2 Å². The van der Waals surface area contributed by atoms with E-state index in [2.05, 4.69) is 0 Å². The molecule has 3 rings (SSSR count). The van der Waals surface area contributed by atoms with Crippen LogP contribution >= 0.6 is 0 Å². The lowest BCUT2D eigenvalue weighted by atomic mass is 9.95. The lowest BCUT2D eigenvalue weighted by Gasteiger charge is -2.26. The van der Waals surface area contributed by atoms with Gasteiger partial charge >= 0.3 is 0 Å². The average molecular weight is 470 g/mol. The Morgan fingerprint density at radius 3 is 2.50 bits per heavy atom. The zero-order valence-electron chi connectivity index (χ0n) is 20.2. The largest absolute Gasteiger partial charge is 0.507 e. The van der Waals surface area contributed by atoms with E-state index in [0.29, 0.717) is 35.0 Å². The lowest BCUT2D eigenvalue weighted by Crippen LogP contribution is -2.32. The van der Waals surface area contributed by atoms with Gasteiger partial charge in [-0.1, -0.05) is 18.2 Å². The maximum absolute atomic E-state index is 13.1. The Bertz CT molecular complexity index is 1080. The van der Waals surface area contributed by atoms with E-state index in [4.69, 9.17) is 18.9 Å². The highest BCUT2D eigenvalue weighted by Crippen LogP contribution is 2.42. The van der Waals surface area contributed by atoms with E-state index in [1.54, 1.807) is 42.5 Å². The summed E-state index contributed by atoms with van der Waals surface area (Å²) >= 11 is 0. The van der Waals surface area contributed by atoms with Crippen LogP contribution in [0.5, 0.6) is 17.2 Å². The minimum Gasteiger partial charge on any atom is -0.507 e. The number of amides is 1. The number of benzene rings is 2. The molecule has 0 spiro atoms. The number of ether oxygens (including phenoxy) is 4. The zero-order valence-corrected chi connectivity index (χ0v) is 20.2. The predicted octanol–water partition coefficient (Wildman–Crippen LogP) is 3.95. The minimum atomic E-state index is -0.825. The number of methoxy groups -OCH3 is 2. The van der Waals surface area contributed by atoms with Crippen molar-refractivity contribution in [3.8, 4) is 17.2 Å². The number of likely N-dealkylation sites (tertiary alicyclic amines) is 1. The third kappa shape index (κ3) is 5.17. The van der Waals surface area contributed by atoms with Crippen LogP contribution in [0.15, 0.2) is 48.0 Å². The van der Waals surface area contributed by atoms with Gasteiger partial charge in [0.2, 0.25) is 0 Å². The SMILES string of the molecule is CCOc1cc(C2/C(=C(/O)c3cccc(OC)c3)C(=O)C(=O)N2CCOC)ccc1OC(C)C. The van der Waals surface area contributed by atoms with Gasteiger partial charge in [-0.25, -0.2) is 0 Å². The molecule has 182 valence electrons. The number of Topliss-reactive ketones (excluding diaryl/α,β-unsaturated/α-hetero) is 1. The maximum atomic E-state index is 13.1. The molecular formula is C26H31NO7. The van der Waals surface area contributed by atoms with Crippen molar-refractivity contribution in [2.24, 2.45) is 0 Å². The summed E-state index contributed by atoms with van der Waals surface area (Å²) in [5.41, 5.74) is 0.979. The highest BCUT2D eigenvalue weighted by Gasteiger charge is 2.46. The molecule has 1 aliphatic rings. The molecule has 0 bridgehead atoms. The Morgan fingerprint density at radius 2 is 1.85 bits per heavy atom. The van der Waals surface area contributed by atoms with Gasteiger partial charge in [0, 0.05) is 19.2 Å². The fourth-order valence-corrected chi connectivity index (χ4v) is 3.89. The number of hydrogen-bond acceptors (Lipinski definition) is 7. The Kier molecular flexibility index (Phi) is 8.17. The molecular weight excluding hydrogens is 438 g/mol. The normalized spacial score (nSPS) is 17.4. The number of aliphatic hydroxyl groups excluding tert-OH is 1. The van der Waals surface area contributed by atoms with Crippen molar-refractivity contribution in [3.63, 3.8) is 0 Å². The molecule has 1 N–H and O–H groups in total. The smallest absolute Gasteiger partial charge is 0.295 e. The molecule has 0 aliphatic carbocycles. The van der Waals surface area contributed by atoms with Crippen molar-refractivity contribution < 1.29 is 33.6 Å². The molecule has 2 aromatic carbocycles. The van der Waals surface area contributed by atoms with E-state index in [1.165, 1.54) is 19.1 Å². The average Bonchev–Trinajstić information content (AvgIpc) is 3.08. The Labute approximate surface area is 199 Å². The van der Waals surface area contributed by atoms with Crippen LogP contribution < -0.4 is 14.2 Å². The summed E-state index contributed by atoms with van der Waals surface area (Å²) in [6, 6.07) is 11.1. The molecule has 0 saturated carbocycles. The predicted molar refractivity (Wildman–Crippen MR) is 127 cm³/mol. The molecule has 8 nitrogen and oxygen atoms in total. The summed E-state index contributed by atoms with van der Waals surface area (Å²) in [7, 11) is 3.03. The number of rotatable bonds is 10. The van der Waals surface area contributed by atoms with Crippen LogP contribution in [0, 0.1) is 0 Å². The second kappa shape index (κ2) is 11.1. The van der Waals surface area contributed by atoms with Crippen LogP contribution in [-0.2, 0) is 14.3 Å². The first-order valence-electron chi connectivity index (χ1n) is 11.2. The summed E-state index contributed by atoms with van der Waals surface area (Å²) in [5.74, 6) is -0.172. The number of carbonyl (C=O) groups is 2. The van der Waals surface area contributed by atoms with E-state index in [-0.39, 0.29) is 30.6 Å². The van der Waals surface area contributed by atoms with E-state index in [9.17, 15) is 14.7 Å². The van der Waals surface area contributed by atoms with Gasteiger partial charge in [-0.15, -0.1) is 0 Å².